The van der Waals surface area contributed by atoms with E-state index in [1.165, 1.54) is 0 Å². The van der Waals surface area contributed by atoms with Crippen molar-refractivity contribution in [3.8, 4) is 5.75 Å². The summed E-state index contributed by atoms with van der Waals surface area (Å²) < 4.78 is 5.34. The van der Waals surface area contributed by atoms with Crippen LogP contribution in [0.5, 0.6) is 5.75 Å². The number of methoxy groups -OCH3 is 1. The summed E-state index contributed by atoms with van der Waals surface area (Å²) in [5, 5.41) is 0. The van der Waals surface area contributed by atoms with Crippen molar-refractivity contribution in [3.05, 3.63) is 23.3 Å². The molecule has 1 aromatic carbocycles. The van der Waals surface area contributed by atoms with Gasteiger partial charge in [-0.1, -0.05) is 13.8 Å². The zero-order valence-corrected chi connectivity index (χ0v) is 10.2. The third kappa shape index (κ3) is 2.66. The zero-order chi connectivity index (χ0) is 12.3. The number of nitrogens with two attached hydrogens (primary N) is 2. The van der Waals surface area contributed by atoms with Gasteiger partial charge in [-0.15, -0.1) is 0 Å². The third-order valence-electron chi connectivity index (χ3n) is 2.42. The molecule has 88 valence electrons. The first-order chi connectivity index (χ1) is 7.45. The maximum atomic E-state index is 5.39. The fourth-order valence-corrected chi connectivity index (χ4v) is 1.57. The number of benzene rings is 1. The Morgan fingerprint density at radius 1 is 1.31 bits per heavy atom. The van der Waals surface area contributed by atoms with Crippen LogP contribution >= 0.6 is 0 Å². The number of hydrogen-bond donors (Lipinski definition) is 2. The highest BCUT2D eigenvalue weighted by atomic mass is 16.5. The predicted molar refractivity (Wildman–Crippen MR) is 67.3 cm³/mol. The highest BCUT2D eigenvalue weighted by molar-refractivity contribution is 5.79. The molecule has 0 aliphatic rings. The lowest BCUT2D eigenvalue weighted by atomic mass is 9.99. The molecule has 0 radical (unpaired) electrons. The highest BCUT2D eigenvalue weighted by Crippen LogP contribution is 2.33. The Labute approximate surface area is 96.3 Å². The lowest BCUT2D eigenvalue weighted by Gasteiger charge is -2.14. The second-order valence-electron chi connectivity index (χ2n) is 4.07. The SMILES string of the molecule is COc1cc(C)c(N=C(N)N)cc1C(C)C. The summed E-state index contributed by atoms with van der Waals surface area (Å²) in [5.41, 5.74) is 13.7. The normalized spacial score (nSPS) is 10.3. The molecule has 1 aromatic rings. The van der Waals surface area contributed by atoms with E-state index in [0.29, 0.717) is 5.92 Å². The first-order valence-corrected chi connectivity index (χ1v) is 5.24. The second-order valence-corrected chi connectivity index (χ2v) is 4.07. The molecule has 4 heteroatoms. The lowest BCUT2D eigenvalue weighted by Crippen LogP contribution is -2.22. The van der Waals surface area contributed by atoms with Crippen molar-refractivity contribution in [2.45, 2.75) is 26.7 Å². The molecule has 0 unspecified atom stereocenters. The predicted octanol–water partition coefficient (Wildman–Crippen LogP) is 2.03. The van der Waals surface area contributed by atoms with E-state index in [0.717, 1.165) is 22.6 Å². The van der Waals surface area contributed by atoms with Gasteiger partial charge < -0.3 is 16.2 Å². The molecule has 0 amide bonds. The standard InChI is InChI=1S/C12H19N3O/c1-7(2)9-6-10(15-12(13)14)8(3)5-11(9)16-4/h5-7H,1-4H3,(H4,13,14,15). The molecule has 0 fully saturated rings. The van der Waals surface area contributed by atoms with Crippen LogP contribution in [0, 0.1) is 6.92 Å². The largest absolute Gasteiger partial charge is 0.496 e. The van der Waals surface area contributed by atoms with Crippen molar-refractivity contribution >= 4 is 11.6 Å². The monoisotopic (exact) mass is 221 g/mol. The molecular formula is C12H19N3O. The highest BCUT2D eigenvalue weighted by Gasteiger charge is 2.10. The first-order valence-electron chi connectivity index (χ1n) is 5.24. The van der Waals surface area contributed by atoms with Crippen LogP contribution in [0.4, 0.5) is 5.69 Å². The fraction of sp³-hybridized carbons (Fsp3) is 0.417. The summed E-state index contributed by atoms with van der Waals surface area (Å²) in [6, 6.07) is 3.93. The average Bonchev–Trinajstić information content (AvgIpc) is 2.19. The van der Waals surface area contributed by atoms with Crippen molar-refractivity contribution in [1.82, 2.24) is 0 Å². The average molecular weight is 221 g/mol. The van der Waals surface area contributed by atoms with Crippen LogP contribution < -0.4 is 16.2 Å². The van der Waals surface area contributed by atoms with Gasteiger partial charge in [0.2, 0.25) is 0 Å². The van der Waals surface area contributed by atoms with Crippen LogP contribution in [-0.2, 0) is 0 Å². The number of aryl methyl sites for hydroxylation is 1. The van der Waals surface area contributed by atoms with Gasteiger partial charge in [0.25, 0.3) is 0 Å². The minimum absolute atomic E-state index is 0.0722. The molecular weight excluding hydrogens is 202 g/mol. The van der Waals surface area contributed by atoms with Crippen molar-refractivity contribution in [1.29, 1.82) is 0 Å². The summed E-state index contributed by atoms with van der Waals surface area (Å²) in [6.45, 7) is 6.16. The smallest absolute Gasteiger partial charge is 0.191 e. The molecule has 0 spiro atoms. The summed E-state index contributed by atoms with van der Waals surface area (Å²) in [5.74, 6) is 1.31. The Balaban J connectivity index is 3.33. The molecule has 4 nitrogen and oxygen atoms in total. The molecule has 0 bridgehead atoms. The number of aliphatic imine (C=N–C) groups is 1. The van der Waals surface area contributed by atoms with Crippen molar-refractivity contribution in [2.75, 3.05) is 7.11 Å². The van der Waals surface area contributed by atoms with Gasteiger partial charge >= 0.3 is 0 Å². The third-order valence-corrected chi connectivity index (χ3v) is 2.42. The molecule has 0 heterocycles. The van der Waals surface area contributed by atoms with Gasteiger partial charge in [0, 0.05) is 0 Å². The van der Waals surface area contributed by atoms with Crippen LogP contribution in [0.25, 0.3) is 0 Å². The Morgan fingerprint density at radius 2 is 1.94 bits per heavy atom. The quantitative estimate of drug-likeness (QED) is 0.606. The Hall–Kier alpha value is -1.71. The van der Waals surface area contributed by atoms with Crippen LogP contribution in [0.15, 0.2) is 17.1 Å². The van der Waals surface area contributed by atoms with Gasteiger partial charge in [0.1, 0.15) is 5.75 Å². The minimum Gasteiger partial charge on any atom is -0.496 e. The molecule has 1 rings (SSSR count). The molecule has 16 heavy (non-hydrogen) atoms. The van der Waals surface area contributed by atoms with Gasteiger partial charge in [-0.3, -0.25) is 0 Å². The molecule has 0 aliphatic carbocycles. The number of nitrogens with zero attached hydrogens (tertiary/aromatic N) is 1. The van der Waals surface area contributed by atoms with Crippen molar-refractivity contribution in [3.63, 3.8) is 0 Å². The molecule has 0 atom stereocenters. The van der Waals surface area contributed by atoms with Crippen LogP contribution in [0.3, 0.4) is 0 Å². The number of hydrogen-bond acceptors (Lipinski definition) is 2. The van der Waals surface area contributed by atoms with E-state index in [4.69, 9.17) is 16.2 Å². The number of ether oxygens (including phenoxy) is 1. The second kappa shape index (κ2) is 4.88. The fourth-order valence-electron chi connectivity index (χ4n) is 1.57. The maximum absolute atomic E-state index is 5.39. The van der Waals surface area contributed by atoms with Gasteiger partial charge in [-0.25, -0.2) is 4.99 Å². The van der Waals surface area contributed by atoms with Crippen molar-refractivity contribution < 1.29 is 4.74 Å². The van der Waals surface area contributed by atoms with Gasteiger partial charge in [0.05, 0.1) is 12.8 Å². The number of guanidine groups is 1. The molecule has 4 N–H and O–H groups in total. The summed E-state index contributed by atoms with van der Waals surface area (Å²) in [4.78, 5) is 4.09. The van der Waals surface area contributed by atoms with E-state index >= 15 is 0 Å². The molecule has 0 saturated heterocycles. The summed E-state index contributed by atoms with van der Waals surface area (Å²) in [7, 11) is 1.67. The topological polar surface area (TPSA) is 73.6 Å². The van der Waals surface area contributed by atoms with Crippen LogP contribution in [-0.4, -0.2) is 13.1 Å². The summed E-state index contributed by atoms with van der Waals surface area (Å²) >= 11 is 0. The number of rotatable bonds is 3. The van der Waals surface area contributed by atoms with E-state index in [1.807, 2.05) is 19.1 Å². The van der Waals surface area contributed by atoms with Gasteiger partial charge in [-0.05, 0) is 36.1 Å². The van der Waals surface area contributed by atoms with Gasteiger partial charge in [0.15, 0.2) is 5.96 Å². The van der Waals surface area contributed by atoms with E-state index < -0.39 is 0 Å². The Morgan fingerprint density at radius 3 is 2.38 bits per heavy atom. The maximum Gasteiger partial charge on any atom is 0.191 e. The van der Waals surface area contributed by atoms with Crippen LogP contribution in [0.2, 0.25) is 0 Å². The first kappa shape index (κ1) is 12.4. The van der Waals surface area contributed by atoms with E-state index in [2.05, 4.69) is 18.8 Å². The van der Waals surface area contributed by atoms with E-state index in [-0.39, 0.29) is 5.96 Å². The minimum atomic E-state index is 0.0722. The molecule has 0 aliphatic heterocycles. The van der Waals surface area contributed by atoms with E-state index in [1.54, 1.807) is 7.11 Å². The zero-order valence-electron chi connectivity index (χ0n) is 10.2. The van der Waals surface area contributed by atoms with Gasteiger partial charge in [-0.2, -0.15) is 0 Å². The Kier molecular flexibility index (Phi) is 3.77. The Bertz CT molecular complexity index is 407. The lowest BCUT2D eigenvalue weighted by molar-refractivity contribution is 0.407. The summed E-state index contributed by atoms with van der Waals surface area (Å²) in [6.07, 6.45) is 0. The molecule has 0 aromatic heterocycles. The van der Waals surface area contributed by atoms with E-state index in [9.17, 15) is 0 Å². The van der Waals surface area contributed by atoms with Crippen LogP contribution in [0.1, 0.15) is 30.9 Å². The van der Waals surface area contributed by atoms with Crippen molar-refractivity contribution in [2.24, 2.45) is 16.5 Å². The molecule has 0 saturated carbocycles.